The summed E-state index contributed by atoms with van der Waals surface area (Å²) in [6, 6.07) is 0. The van der Waals surface area contributed by atoms with Crippen LogP contribution < -0.4 is 5.32 Å². The lowest BCUT2D eigenvalue weighted by molar-refractivity contribution is -0.118. The van der Waals surface area contributed by atoms with Crippen LogP contribution in [-0.2, 0) is 4.79 Å². The molecule has 0 unspecified atom stereocenters. The lowest BCUT2D eigenvalue weighted by Crippen LogP contribution is -2.21. The van der Waals surface area contributed by atoms with Gasteiger partial charge < -0.3 is 10.2 Å². The fourth-order valence-corrected chi connectivity index (χ4v) is 3.66. The van der Waals surface area contributed by atoms with Crippen molar-refractivity contribution in [1.29, 1.82) is 0 Å². The number of hydrogen-bond donors (Lipinski definition) is 1. The van der Waals surface area contributed by atoms with Gasteiger partial charge in [0.25, 0.3) is 0 Å². The number of nitrogens with zero attached hydrogens (tertiary/aromatic N) is 3. The zero-order chi connectivity index (χ0) is 13.7. The molecule has 0 saturated carbocycles. The van der Waals surface area contributed by atoms with Crippen molar-refractivity contribution >= 4 is 34.1 Å². The van der Waals surface area contributed by atoms with Gasteiger partial charge in [0.1, 0.15) is 0 Å². The van der Waals surface area contributed by atoms with Crippen LogP contribution in [0.5, 0.6) is 0 Å². The molecule has 0 radical (unpaired) electrons. The molecule has 2 heterocycles. The maximum absolute atomic E-state index is 11.5. The molecule has 19 heavy (non-hydrogen) atoms. The Balaban J connectivity index is 1.72. The quantitative estimate of drug-likeness (QED) is 0.645. The van der Waals surface area contributed by atoms with Gasteiger partial charge in [-0.2, -0.15) is 0 Å². The lowest BCUT2D eigenvalue weighted by atomic mass is 10.2. The van der Waals surface area contributed by atoms with Crippen molar-refractivity contribution in [1.82, 2.24) is 15.1 Å². The van der Waals surface area contributed by atoms with Crippen molar-refractivity contribution in [2.24, 2.45) is 5.92 Å². The molecule has 106 valence electrons. The first kappa shape index (κ1) is 14.7. The highest BCUT2D eigenvalue weighted by Crippen LogP contribution is 2.26. The predicted octanol–water partition coefficient (Wildman–Crippen LogP) is 2.32. The van der Waals surface area contributed by atoms with Gasteiger partial charge in [-0.1, -0.05) is 36.9 Å². The maximum atomic E-state index is 11.5. The summed E-state index contributed by atoms with van der Waals surface area (Å²) in [4.78, 5) is 14.0. The second-order valence-corrected chi connectivity index (χ2v) is 7.23. The van der Waals surface area contributed by atoms with E-state index in [9.17, 15) is 4.79 Å². The molecule has 1 saturated heterocycles. The largest absolute Gasteiger partial charge is 0.303 e. The number of carbonyl (C=O) groups is 1. The number of carbonyl (C=O) groups excluding carboxylic acids is 1. The number of hydrogen-bond acceptors (Lipinski definition) is 6. The first-order chi connectivity index (χ1) is 9.15. The van der Waals surface area contributed by atoms with E-state index >= 15 is 0 Å². The molecule has 1 amide bonds. The molecule has 0 aromatic carbocycles. The zero-order valence-corrected chi connectivity index (χ0v) is 13.0. The van der Waals surface area contributed by atoms with E-state index in [4.69, 9.17) is 0 Å². The van der Waals surface area contributed by atoms with Gasteiger partial charge in [-0.25, -0.2) is 0 Å². The van der Waals surface area contributed by atoms with Crippen LogP contribution in [0.15, 0.2) is 4.34 Å². The van der Waals surface area contributed by atoms with Crippen molar-refractivity contribution in [2.45, 2.75) is 31.0 Å². The molecule has 1 aliphatic heterocycles. The first-order valence-corrected chi connectivity index (χ1v) is 8.45. The Hall–Kier alpha value is -0.660. The van der Waals surface area contributed by atoms with Crippen LogP contribution in [0.1, 0.15) is 26.7 Å². The van der Waals surface area contributed by atoms with Gasteiger partial charge >= 0.3 is 0 Å². The Labute approximate surface area is 122 Å². The van der Waals surface area contributed by atoms with Crippen LogP contribution in [0.4, 0.5) is 5.13 Å². The van der Waals surface area contributed by atoms with E-state index < -0.39 is 0 Å². The Bertz CT molecular complexity index is 416. The van der Waals surface area contributed by atoms with E-state index in [2.05, 4.69) is 20.4 Å². The molecule has 5 nitrogen and oxygen atoms in total. The minimum atomic E-state index is -0.0323. The summed E-state index contributed by atoms with van der Waals surface area (Å²) in [5.74, 6) is 0.993. The van der Waals surface area contributed by atoms with Gasteiger partial charge in [0.2, 0.25) is 11.0 Å². The molecule has 1 aromatic heterocycles. The smallest absolute Gasteiger partial charge is 0.228 e. The molecule has 1 fully saturated rings. The van der Waals surface area contributed by atoms with Crippen molar-refractivity contribution in [3.05, 3.63) is 0 Å². The molecule has 0 spiro atoms. The highest BCUT2D eigenvalue weighted by molar-refractivity contribution is 8.01. The molecular formula is C12H20N4OS2. The predicted molar refractivity (Wildman–Crippen MR) is 79.8 cm³/mol. The van der Waals surface area contributed by atoms with E-state index in [0.29, 0.717) is 5.13 Å². The van der Waals surface area contributed by atoms with Crippen molar-refractivity contribution in [3.63, 3.8) is 0 Å². The molecular weight excluding hydrogens is 280 g/mol. The third-order valence-electron chi connectivity index (χ3n) is 2.99. The molecule has 1 aromatic rings. The molecule has 1 N–H and O–H groups in total. The molecule has 7 heteroatoms. The normalized spacial score (nSPS) is 16.2. The van der Waals surface area contributed by atoms with Gasteiger partial charge in [-0.15, -0.1) is 10.2 Å². The third-order valence-corrected chi connectivity index (χ3v) is 4.94. The van der Waals surface area contributed by atoms with Gasteiger partial charge in [0, 0.05) is 18.2 Å². The summed E-state index contributed by atoms with van der Waals surface area (Å²) in [7, 11) is 0. The number of rotatable bonds is 6. The van der Waals surface area contributed by atoms with E-state index in [0.717, 1.165) is 16.6 Å². The SMILES string of the molecule is CC(C)C(=O)Nc1nnc(SCCN2CCCC2)s1. The monoisotopic (exact) mass is 300 g/mol. The summed E-state index contributed by atoms with van der Waals surface area (Å²) in [5, 5.41) is 11.5. The highest BCUT2D eigenvalue weighted by Gasteiger charge is 2.13. The van der Waals surface area contributed by atoms with Crippen molar-refractivity contribution in [2.75, 3.05) is 30.7 Å². The Morgan fingerprint density at radius 2 is 2.16 bits per heavy atom. The average Bonchev–Trinajstić information content (AvgIpc) is 3.01. The summed E-state index contributed by atoms with van der Waals surface area (Å²) in [6.45, 7) is 7.29. The van der Waals surface area contributed by atoms with E-state index in [1.54, 1.807) is 11.8 Å². The second kappa shape index (κ2) is 7.21. The van der Waals surface area contributed by atoms with Gasteiger partial charge in [-0.05, 0) is 25.9 Å². The molecule has 0 bridgehead atoms. The summed E-state index contributed by atoms with van der Waals surface area (Å²) in [6.07, 6.45) is 2.66. The minimum absolute atomic E-state index is 0.00948. The molecule has 2 rings (SSSR count). The van der Waals surface area contributed by atoms with Gasteiger partial charge in [-0.3, -0.25) is 4.79 Å². The zero-order valence-electron chi connectivity index (χ0n) is 11.4. The standard InChI is InChI=1S/C12H20N4OS2/c1-9(2)10(17)13-11-14-15-12(19-11)18-8-7-16-5-3-4-6-16/h9H,3-8H2,1-2H3,(H,13,14,17). The van der Waals surface area contributed by atoms with Gasteiger partial charge in [0.15, 0.2) is 4.34 Å². The number of likely N-dealkylation sites (tertiary alicyclic amines) is 1. The number of nitrogens with one attached hydrogen (secondary N) is 1. The fraction of sp³-hybridized carbons (Fsp3) is 0.750. The molecule has 0 atom stereocenters. The van der Waals surface area contributed by atoms with E-state index in [-0.39, 0.29) is 11.8 Å². The second-order valence-electron chi connectivity index (χ2n) is 4.91. The Kier molecular flexibility index (Phi) is 5.59. The number of thioether (sulfide) groups is 1. The number of aromatic nitrogens is 2. The summed E-state index contributed by atoms with van der Waals surface area (Å²) < 4.78 is 0.929. The first-order valence-electron chi connectivity index (χ1n) is 6.64. The fourth-order valence-electron chi connectivity index (χ4n) is 1.84. The summed E-state index contributed by atoms with van der Waals surface area (Å²) in [5.41, 5.74) is 0. The molecule has 1 aliphatic rings. The number of anilines is 1. The van der Waals surface area contributed by atoms with Crippen molar-refractivity contribution < 1.29 is 4.79 Å². The Morgan fingerprint density at radius 3 is 2.84 bits per heavy atom. The maximum Gasteiger partial charge on any atom is 0.228 e. The van der Waals surface area contributed by atoms with E-state index in [1.807, 2.05) is 13.8 Å². The van der Waals surface area contributed by atoms with Crippen LogP contribution >= 0.6 is 23.1 Å². The topological polar surface area (TPSA) is 58.1 Å². The van der Waals surface area contributed by atoms with Gasteiger partial charge in [0.05, 0.1) is 0 Å². The third kappa shape index (κ3) is 4.74. The van der Waals surface area contributed by atoms with Crippen LogP contribution in [0.2, 0.25) is 0 Å². The molecule has 0 aliphatic carbocycles. The number of amides is 1. The van der Waals surface area contributed by atoms with Crippen LogP contribution in [0.25, 0.3) is 0 Å². The van der Waals surface area contributed by atoms with Crippen LogP contribution in [0, 0.1) is 5.92 Å². The van der Waals surface area contributed by atoms with Crippen LogP contribution in [0.3, 0.4) is 0 Å². The summed E-state index contributed by atoms with van der Waals surface area (Å²) >= 11 is 3.17. The average molecular weight is 300 g/mol. The van der Waals surface area contributed by atoms with Crippen molar-refractivity contribution in [3.8, 4) is 0 Å². The lowest BCUT2D eigenvalue weighted by Gasteiger charge is -2.12. The van der Waals surface area contributed by atoms with E-state index in [1.165, 1.54) is 37.3 Å². The highest BCUT2D eigenvalue weighted by atomic mass is 32.2. The minimum Gasteiger partial charge on any atom is -0.303 e. The van der Waals surface area contributed by atoms with Crippen LogP contribution in [-0.4, -0.2) is 46.4 Å². The Morgan fingerprint density at radius 1 is 1.42 bits per heavy atom.